The highest BCUT2D eigenvalue weighted by molar-refractivity contribution is 8.00. The van der Waals surface area contributed by atoms with Gasteiger partial charge in [0.1, 0.15) is 4.34 Å². The number of thioether (sulfide) groups is 1. The van der Waals surface area contributed by atoms with E-state index in [1.807, 2.05) is 37.3 Å². The van der Waals surface area contributed by atoms with E-state index in [9.17, 15) is 4.79 Å². The van der Waals surface area contributed by atoms with Crippen LogP contribution in [-0.2, 0) is 18.6 Å². The molecule has 1 amide bonds. The first-order chi connectivity index (χ1) is 12.7. The third-order valence-electron chi connectivity index (χ3n) is 4.57. The van der Waals surface area contributed by atoms with E-state index >= 15 is 0 Å². The Morgan fingerprint density at radius 1 is 1.19 bits per heavy atom. The average molecular weight is 381 g/mol. The Balaban J connectivity index is 1.49. The fraction of sp³-hybridized carbons (Fsp3) is 0.238. The minimum atomic E-state index is -0.0468. The Morgan fingerprint density at radius 2 is 2.04 bits per heavy atom. The number of benzene rings is 2. The van der Waals surface area contributed by atoms with Gasteiger partial charge in [0.2, 0.25) is 0 Å². The van der Waals surface area contributed by atoms with Gasteiger partial charge in [-0.1, -0.05) is 36.0 Å². The van der Waals surface area contributed by atoms with Crippen LogP contribution in [0.4, 0.5) is 5.69 Å². The number of hydrogen-bond acceptors (Lipinski definition) is 4. The molecule has 4 rings (SSSR count). The van der Waals surface area contributed by atoms with Crippen LogP contribution in [0.3, 0.4) is 0 Å². The highest BCUT2D eigenvalue weighted by Gasteiger charge is 2.15. The molecule has 0 saturated heterocycles. The van der Waals surface area contributed by atoms with Gasteiger partial charge in [-0.15, -0.1) is 11.3 Å². The van der Waals surface area contributed by atoms with Crippen molar-refractivity contribution in [1.82, 2.24) is 4.98 Å². The van der Waals surface area contributed by atoms with Crippen LogP contribution in [0.1, 0.15) is 39.2 Å². The topological polar surface area (TPSA) is 42.0 Å². The molecule has 0 bridgehead atoms. The lowest BCUT2D eigenvalue weighted by atomic mass is 10.1. The van der Waals surface area contributed by atoms with Crippen molar-refractivity contribution in [2.45, 2.75) is 36.3 Å². The minimum Gasteiger partial charge on any atom is -0.322 e. The van der Waals surface area contributed by atoms with Gasteiger partial charge in [0.15, 0.2) is 0 Å². The van der Waals surface area contributed by atoms with Crippen LogP contribution in [0.2, 0.25) is 0 Å². The van der Waals surface area contributed by atoms with Gasteiger partial charge in [0.25, 0.3) is 5.91 Å². The van der Waals surface area contributed by atoms with Crippen LogP contribution in [0.15, 0.2) is 52.2 Å². The maximum absolute atomic E-state index is 12.8. The number of amides is 1. The molecule has 0 saturated carbocycles. The maximum atomic E-state index is 12.8. The van der Waals surface area contributed by atoms with Crippen LogP contribution in [0.25, 0.3) is 0 Å². The van der Waals surface area contributed by atoms with E-state index in [0.717, 1.165) is 45.4 Å². The van der Waals surface area contributed by atoms with Crippen LogP contribution < -0.4 is 5.32 Å². The Morgan fingerprint density at radius 3 is 2.88 bits per heavy atom. The van der Waals surface area contributed by atoms with Crippen molar-refractivity contribution in [1.29, 1.82) is 0 Å². The second-order valence-electron chi connectivity index (χ2n) is 6.49. The van der Waals surface area contributed by atoms with Crippen molar-refractivity contribution in [3.63, 3.8) is 0 Å². The number of carbonyl (C=O) groups excluding carboxylic acids is 1. The molecule has 0 spiro atoms. The highest BCUT2D eigenvalue weighted by atomic mass is 32.2. The van der Waals surface area contributed by atoms with E-state index in [4.69, 9.17) is 0 Å². The zero-order chi connectivity index (χ0) is 17.9. The van der Waals surface area contributed by atoms with E-state index in [2.05, 4.69) is 27.8 Å². The molecule has 2 aromatic carbocycles. The third-order valence-corrected chi connectivity index (χ3v) is 6.76. The van der Waals surface area contributed by atoms with E-state index in [0.29, 0.717) is 0 Å². The number of anilines is 1. The van der Waals surface area contributed by atoms with Crippen molar-refractivity contribution in [3.05, 3.63) is 75.8 Å². The average Bonchev–Trinajstić information content (AvgIpc) is 3.28. The smallest absolute Gasteiger partial charge is 0.255 e. The number of fused-ring (bicyclic) bond motifs is 1. The van der Waals surface area contributed by atoms with Crippen LogP contribution >= 0.6 is 23.1 Å². The van der Waals surface area contributed by atoms with Crippen molar-refractivity contribution < 1.29 is 4.79 Å². The Hall–Kier alpha value is -2.11. The largest absolute Gasteiger partial charge is 0.322 e. The summed E-state index contributed by atoms with van der Waals surface area (Å²) < 4.78 is 1.04. The molecule has 0 unspecified atom stereocenters. The minimum absolute atomic E-state index is 0.0468. The lowest BCUT2D eigenvalue weighted by Crippen LogP contribution is -2.14. The second-order valence-corrected chi connectivity index (χ2v) is 8.57. The molecule has 1 aromatic heterocycles. The number of aromatic nitrogens is 1. The predicted octanol–water partition coefficient (Wildman–Crippen LogP) is 5.48. The first-order valence-electron chi connectivity index (χ1n) is 8.75. The van der Waals surface area contributed by atoms with Crippen LogP contribution in [0, 0.1) is 6.92 Å². The van der Waals surface area contributed by atoms with Gasteiger partial charge in [-0.05, 0) is 61.1 Å². The monoisotopic (exact) mass is 380 g/mol. The van der Waals surface area contributed by atoms with E-state index in [-0.39, 0.29) is 5.91 Å². The molecule has 0 aliphatic heterocycles. The van der Waals surface area contributed by atoms with Gasteiger partial charge in [-0.3, -0.25) is 4.79 Å². The lowest BCUT2D eigenvalue weighted by molar-refractivity contribution is 0.102. The van der Waals surface area contributed by atoms with Gasteiger partial charge in [0.05, 0.1) is 0 Å². The molecule has 1 N–H and O–H groups in total. The number of carbonyl (C=O) groups is 1. The molecular formula is C21H20N2OS2. The van der Waals surface area contributed by atoms with Crippen molar-refractivity contribution in [2.24, 2.45) is 0 Å². The van der Waals surface area contributed by atoms with E-state index < -0.39 is 0 Å². The normalized spacial score (nSPS) is 12.8. The summed E-state index contributed by atoms with van der Waals surface area (Å²) in [5, 5.41) is 5.12. The standard InChI is InChI=1S/C21H20N2OS2/c1-14-12-25-21(22-14)26-13-17-5-2-3-8-19(17)20(24)23-18-10-9-15-6-4-7-16(15)11-18/h2-3,5,8-12H,4,6-7,13H2,1H3,(H,23,24). The molecule has 3 nitrogen and oxygen atoms in total. The molecule has 0 fully saturated rings. The number of rotatable bonds is 5. The zero-order valence-corrected chi connectivity index (χ0v) is 16.3. The zero-order valence-electron chi connectivity index (χ0n) is 14.6. The molecule has 132 valence electrons. The Bertz CT molecular complexity index is 949. The van der Waals surface area contributed by atoms with Crippen LogP contribution in [-0.4, -0.2) is 10.9 Å². The Labute approximate surface area is 161 Å². The maximum Gasteiger partial charge on any atom is 0.255 e. The van der Waals surface area contributed by atoms with Gasteiger partial charge in [-0.2, -0.15) is 0 Å². The number of aryl methyl sites for hydroxylation is 3. The van der Waals surface area contributed by atoms with Gasteiger partial charge in [0, 0.05) is 28.1 Å². The summed E-state index contributed by atoms with van der Waals surface area (Å²) in [6, 6.07) is 14.1. The van der Waals surface area contributed by atoms with Gasteiger partial charge >= 0.3 is 0 Å². The summed E-state index contributed by atoms with van der Waals surface area (Å²) >= 11 is 3.32. The summed E-state index contributed by atoms with van der Waals surface area (Å²) in [5.74, 6) is 0.690. The first kappa shape index (κ1) is 17.3. The van der Waals surface area contributed by atoms with Crippen LogP contribution in [0.5, 0.6) is 0 Å². The highest BCUT2D eigenvalue weighted by Crippen LogP contribution is 2.28. The van der Waals surface area contributed by atoms with Crippen molar-refractivity contribution in [2.75, 3.05) is 5.32 Å². The molecule has 0 atom stereocenters. The van der Waals surface area contributed by atoms with Crippen molar-refractivity contribution >= 4 is 34.7 Å². The predicted molar refractivity (Wildman–Crippen MR) is 109 cm³/mol. The summed E-state index contributed by atoms with van der Waals surface area (Å²) in [6.07, 6.45) is 3.47. The fourth-order valence-corrected chi connectivity index (χ4v) is 5.11. The van der Waals surface area contributed by atoms with Gasteiger partial charge in [-0.25, -0.2) is 4.98 Å². The molecule has 3 aromatic rings. The number of thiazole rings is 1. The Kier molecular flexibility index (Phi) is 5.09. The third kappa shape index (κ3) is 3.84. The number of nitrogens with zero attached hydrogens (tertiary/aromatic N) is 1. The second kappa shape index (κ2) is 7.64. The van der Waals surface area contributed by atoms with E-state index in [1.54, 1.807) is 23.1 Å². The first-order valence-corrected chi connectivity index (χ1v) is 10.6. The summed E-state index contributed by atoms with van der Waals surface area (Å²) in [5.41, 5.74) is 6.47. The summed E-state index contributed by atoms with van der Waals surface area (Å²) in [4.78, 5) is 17.3. The molecule has 1 aliphatic rings. The summed E-state index contributed by atoms with van der Waals surface area (Å²) in [6.45, 7) is 2.00. The van der Waals surface area contributed by atoms with E-state index in [1.165, 1.54) is 17.5 Å². The molecule has 0 radical (unpaired) electrons. The number of nitrogens with one attached hydrogen (secondary N) is 1. The SMILES string of the molecule is Cc1csc(SCc2ccccc2C(=O)Nc2ccc3c(c2)CCC3)n1. The summed E-state index contributed by atoms with van der Waals surface area (Å²) in [7, 11) is 0. The lowest BCUT2D eigenvalue weighted by Gasteiger charge is -2.11. The molecular weight excluding hydrogens is 360 g/mol. The fourth-order valence-electron chi connectivity index (χ4n) is 3.25. The molecule has 5 heteroatoms. The molecule has 1 heterocycles. The quantitative estimate of drug-likeness (QED) is 0.596. The molecule has 26 heavy (non-hydrogen) atoms. The molecule has 1 aliphatic carbocycles. The van der Waals surface area contributed by atoms with Gasteiger partial charge < -0.3 is 5.32 Å². The van der Waals surface area contributed by atoms with Crippen molar-refractivity contribution in [3.8, 4) is 0 Å². The number of hydrogen-bond donors (Lipinski definition) is 1.